The summed E-state index contributed by atoms with van der Waals surface area (Å²) in [6.07, 6.45) is 4.27. The summed E-state index contributed by atoms with van der Waals surface area (Å²) in [5.41, 5.74) is 0. The number of anilines is 1. The maximum atomic E-state index is 5.06. The maximum absolute atomic E-state index is 5.06. The fourth-order valence-electron chi connectivity index (χ4n) is 2.22. The van der Waals surface area contributed by atoms with Crippen LogP contribution in [0, 0.1) is 5.92 Å². The van der Waals surface area contributed by atoms with Gasteiger partial charge in [0.25, 0.3) is 0 Å². The Bertz CT molecular complexity index is 358. The topological polar surface area (TPSA) is 50.3 Å². The molecular formula is C12H20N4O. The largest absolute Gasteiger partial charge is 0.481 e. The molecule has 2 heterocycles. The summed E-state index contributed by atoms with van der Waals surface area (Å²) < 4.78 is 5.06. The molecule has 1 aromatic rings. The number of aromatic nitrogens is 2. The van der Waals surface area contributed by atoms with Crippen LogP contribution < -0.4 is 10.1 Å². The van der Waals surface area contributed by atoms with Crippen LogP contribution in [0.5, 0.6) is 5.88 Å². The maximum Gasteiger partial charge on any atom is 0.225 e. The summed E-state index contributed by atoms with van der Waals surface area (Å²) in [7, 11) is 3.79. The second-order valence-electron chi connectivity index (χ2n) is 4.57. The number of ether oxygens (including phenoxy) is 1. The van der Waals surface area contributed by atoms with Crippen molar-refractivity contribution < 1.29 is 4.74 Å². The highest BCUT2D eigenvalue weighted by Gasteiger charge is 2.16. The molecule has 0 aliphatic carbocycles. The molecule has 5 nitrogen and oxygen atoms in total. The van der Waals surface area contributed by atoms with E-state index in [9.17, 15) is 0 Å². The van der Waals surface area contributed by atoms with Crippen LogP contribution in [-0.2, 0) is 0 Å². The minimum Gasteiger partial charge on any atom is -0.481 e. The second kappa shape index (κ2) is 5.82. The Kier molecular flexibility index (Phi) is 4.14. The molecule has 1 atom stereocenters. The van der Waals surface area contributed by atoms with Crippen molar-refractivity contribution in [3.8, 4) is 5.88 Å². The first-order valence-electron chi connectivity index (χ1n) is 6.07. The molecule has 5 heteroatoms. The second-order valence-corrected chi connectivity index (χ2v) is 4.57. The molecule has 0 aromatic carbocycles. The smallest absolute Gasteiger partial charge is 0.225 e. The Hall–Kier alpha value is -1.36. The summed E-state index contributed by atoms with van der Waals surface area (Å²) in [6.45, 7) is 3.29. The van der Waals surface area contributed by atoms with Crippen LogP contribution in [0.15, 0.2) is 12.3 Å². The highest BCUT2D eigenvalue weighted by molar-refractivity contribution is 5.27. The van der Waals surface area contributed by atoms with E-state index in [0.717, 1.165) is 13.1 Å². The van der Waals surface area contributed by atoms with Gasteiger partial charge in [0.2, 0.25) is 11.8 Å². The quantitative estimate of drug-likeness (QED) is 0.852. The van der Waals surface area contributed by atoms with Crippen LogP contribution in [-0.4, -0.2) is 48.7 Å². The van der Waals surface area contributed by atoms with Gasteiger partial charge in [-0.1, -0.05) is 0 Å². The van der Waals surface area contributed by atoms with Gasteiger partial charge < -0.3 is 15.0 Å². The zero-order valence-corrected chi connectivity index (χ0v) is 10.5. The van der Waals surface area contributed by atoms with Crippen molar-refractivity contribution in [2.75, 3.05) is 39.1 Å². The van der Waals surface area contributed by atoms with Crippen molar-refractivity contribution in [2.45, 2.75) is 12.8 Å². The van der Waals surface area contributed by atoms with Gasteiger partial charge in [0, 0.05) is 25.4 Å². The molecule has 1 N–H and O–H groups in total. The monoisotopic (exact) mass is 236 g/mol. The Morgan fingerprint density at radius 1 is 1.59 bits per heavy atom. The molecule has 94 valence electrons. The Morgan fingerprint density at radius 2 is 2.47 bits per heavy atom. The lowest BCUT2D eigenvalue weighted by Crippen LogP contribution is -2.35. The third-order valence-electron chi connectivity index (χ3n) is 3.11. The van der Waals surface area contributed by atoms with E-state index in [1.54, 1.807) is 19.4 Å². The normalized spacial score (nSPS) is 21.2. The third kappa shape index (κ3) is 3.56. The predicted molar refractivity (Wildman–Crippen MR) is 67.3 cm³/mol. The molecule has 0 spiro atoms. The molecule has 1 unspecified atom stereocenters. The molecule has 1 aromatic heterocycles. The van der Waals surface area contributed by atoms with E-state index in [4.69, 9.17) is 4.74 Å². The molecule has 1 aliphatic heterocycles. The molecular weight excluding hydrogens is 216 g/mol. The van der Waals surface area contributed by atoms with Crippen molar-refractivity contribution in [2.24, 2.45) is 5.92 Å². The minimum atomic E-state index is 0.600. The molecule has 17 heavy (non-hydrogen) atoms. The molecule has 0 bridgehead atoms. The Balaban J connectivity index is 1.84. The lowest BCUT2D eigenvalue weighted by Gasteiger charge is -2.29. The first-order valence-corrected chi connectivity index (χ1v) is 6.07. The predicted octanol–water partition coefficient (Wildman–Crippen LogP) is 1.24. The van der Waals surface area contributed by atoms with E-state index < -0.39 is 0 Å². The number of rotatable bonds is 4. The molecule has 1 aliphatic rings. The van der Waals surface area contributed by atoms with Crippen molar-refractivity contribution >= 4 is 5.95 Å². The van der Waals surface area contributed by atoms with Crippen LogP contribution in [0.4, 0.5) is 5.95 Å². The lowest BCUT2D eigenvalue weighted by molar-refractivity contribution is 0.217. The number of nitrogens with zero attached hydrogens (tertiary/aromatic N) is 3. The van der Waals surface area contributed by atoms with Crippen LogP contribution in [0.2, 0.25) is 0 Å². The number of hydrogen-bond acceptors (Lipinski definition) is 5. The van der Waals surface area contributed by atoms with Crippen molar-refractivity contribution in [1.29, 1.82) is 0 Å². The first kappa shape index (κ1) is 12.1. The Morgan fingerprint density at radius 3 is 3.24 bits per heavy atom. The number of likely N-dealkylation sites (tertiary alicyclic amines) is 1. The van der Waals surface area contributed by atoms with E-state index in [1.807, 2.05) is 0 Å². The van der Waals surface area contributed by atoms with E-state index in [0.29, 0.717) is 17.7 Å². The fraction of sp³-hybridized carbons (Fsp3) is 0.667. The van der Waals surface area contributed by atoms with Crippen molar-refractivity contribution in [3.63, 3.8) is 0 Å². The summed E-state index contributed by atoms with van der Waals surface area (Å²) in [4.78, 5) is 10.8. The number of piperidine rings is 1. The molecule has 1 fully saturated rings. The molecule has 0 amide bonds. The standard InChI is InChI=1S/C12H20N4O/c1-16-7-3-4-10(9-16)8-14-12-13-6-5-11(15-12)17-2/h5-6,10H,3-4,7-9H2,1-2H3,(H,13,14,15). The number of methoxy groups -OCH3 is 1. The van der Waals surface area contributed by atoms with Gasteiger partial charge in [-0.05, 0) is 32.4 Å². The first-order chi connectivity index (χ1) is 8.28. The van der Waals surface area contributed by atoms with Crippen molar-refractivity contribution in [1.82, 2.24) is 14.9 Å². The zero-order valence-electron chi connectivity index (χ0n) is 10.5. The van der Waals surface area contributed by atoms with Gasteiger partial charge in [-0.25, -0.2) is 4.98 Å². The highest BCUT2D eigenvalue weighted by Crippen LogP contribution is 2.15. The molecule has 0 saturated carbocycles. The van der Waals surface area contributed by atoms with Crippen molar-refractivity contribution in [3.05, 3.63) is 12.3 Å². The van der Waals surface area contributed by atoms with Gasteiger partial charge >= 0.3 is 0 Å². The summed E-state index contributed by atoms with van der Waals surface area (Å²) in [5.74, 6) is 1.93. The summed E-state index contributed by atoms with van der Waals surface area (Å²) >= 11 is 0. The average molecular weight is 236 g/mol. The van der Waals surface area contributed by atoms with E-state index in [1.165, 1.54) is 19.4 Å². The number of hydrogen-bond donors (Lipinski definition) is 1. The molecule has 0 radical (unpaired) electrons. The SMILES string of the molecule is COc1ccnc(NCC2CCCN(C)C2)n1. The van der Waals surface area contributed by atoms with E-state index in [2.05, 4.69) is 27.2 Å². The minimum absolute atomic E-state index is 0.600. The van der Waals surface area contributed by atoms with Crippen LogP contribution in [0.3, 0.4) is 0 Å². The number of nitrogens with one attached hydrogen (secondary N) is 1. The molecule has 2 rings (SSSR count). The van der Waals surface area contributed by atoms with Crippen LogP contribution in [0.25, 0.3) is 0 Å². The third-order valence-corrected chi connectivity index (χ3v) is 3.11. The van der Waals surface area contributed by atoms with Gasteiger partial charge in [0.05, 0.1) is 7.11 Å². The summed E-state index contributed by atoms with van der Waals surface area (Å²) in [5, 5.41) is 3.28. The Labute approximate surface area is 102 Å². The fourth-order valence-corrected chi connectivity index (χ4v) is 2.22. The lowest BCUT2D eigenvalue weighted by atomic mass is 9.99. The molecule has 1 saturated heterocycles. The van der Waals surface area contributed by atoms with Gasteiger partial charge in [-0.15, -0.1) is 0 Å². The van der Waals surface area contributed by atoms with Gasteiger partial charge in [-0.2, -0.15) is 4.98 Å². The van der Waals surface area contributed by atoms with E-state index >= 15 is 0 Å². The van der Waals surface area contributed by atoms with Gasteiger partial charge in [0.1, 0.15) is 0 Å². The highest BCUT2D eigenvalue weighted by atomic mass is 16.5. The van der Waals surface area contributed by atoms with Crippen LogP contribution in [0.1, 0.15) is 12.8 Å². The van der Waals surface area contributed by atoms with E-state index in [-0.39, 0.29) is 0 Å². The zero-order chi connectivity index (χ0) is 12.1. The van der Waals surface area contributed by atoms with Crippen LogP contribution >= 0.6 is 0 Å². The van der Waals surface area contributed by atoms with Gasteiger partial charge in [0.15, 0.2) is 0 Å². The summed E-state index contributed by atoms with van der Waals surface area (Å²) in [6, 6.07) is 1.75. The average Bonchev–Trinajstić information content (AvgIpc) is 2.37. The van der Waals surface area contributed by atoms with Gasteiger partial charge in [-0.3, -0.25) is 0 Å².